The highest BCUT2D eigenvalue weighted by atomic mass is 35.5. The molecule has 7 heteroatoms. The molecule has 168 valence electrons. The lowest BCUT2D eigenvalue weighted by Gasteiger charge is -2.18. The van der Waals surface area contributed by atoms with E-state index in [2.05, 4.69) is 19.6 Å². The van der Waals surface area contributed by atoms with Crippen molar-refractivity contribution in [3.05, 3.63) is 65.7 Å². The Morgan fingerprint density at radius 1 is 1.27 bits per heavy atom. The first kappa shape index (κ1) is 28.5. The molecule has 0 radical (unpaired) electrons. The summed E-state index contributed by atoms with van der Waals surface area (Å²) >= 11 is 7.38. The molecular formula is C23H35ClN2O2S2. The van der Waals surface area contributed by atoms with Crippen molar-refractivity contribution in [2.45, 2.75) is 37.6 Å². The van der Waals surface area contributed by atoms with Crippen LogP contribution in [0.5, 0.6) is 0 Å². The average Bonchev–Trinajstić information content (AvgIpc) is 2.68. The topological polar surface area (TPSA) is 49.7 Å². The summed E-state index contributed by atoms with van der Waals surface area (Å²) in [5, 5.41) is 0.799. The minimum Gasteiger partial charge on any atom is -0.366 e. The van der Waals surface area contributed by atoms with Crippen LogP contribution in [0.2, 0.25) is 5.02 Å². The number of allylic oxidation sites excluding steroid dienone is 1. The predicted octanol–water partition coefficient (Wildman–Crippen LogP) is 5.91. The Morgan fingerprint density at radius 2 is 1.87 bits per heavy atom. The maximum atomic E-state index is 11.2. The van der Waals surface area contributed by atoms with Crippen molar-refractivity contribution in [3.8, 4) is 0 Å². The molecular weight excluding hydrogens is 436 g/mol. The van der Waals surface area contributed by atoms with Gasteiger partial charge in [0.05, 0.1) is 17.6 Å². The number of aliphatic imine (C=N–C) groups is 1. The molecule has 0 aliphatic carbocycles. The third kappa shape index (κ3) is 12.9. The van der Waals surface area contributed by atoms with Gasteiger partial charge in [-0.3, -0.25) is 4.99 Å². The normalized spacial score (nSPS) is 13.6. The van der Waals surface area contributed by atoms with Crippen LogP contribution < -0.4 is 0 Å². The van der Waals surface area contributed by atoms with E-state index in [1.807, 2.05) is 62.5 Å². The zero-order chi connectivity index (χ0) is 23.2. The summed E-state index contributed by atoms with van der Waals surface area (Å²) in [6.07, 6.45) is 12.3. The van der Waals surface area contributed by atoms with Crippen LogP contribution in [-0.4, -0.2) is 57.6 Å². The SMILES string of the molecule is C=CC(N=C(CC)N(C)C)C(/C=C\CS(C)(=O)=O)=C/CC.CSc1ccc(Cl)cc1. The minimum absolute atomic E-state index is 0.0376. The van der Waals surface area contributed by atoms with Crippen LogP contribution in [0, 0.1) is 0 Å². The average molecular weight is 471 g/mol. The minimum atomic E-state index is -2.99. The van der Waals surface area contributed by atoms with E-state index in [-0.39, 0.29) is 11.8 Å². The van der Waals surface area contributed by atoms with Gasteiger partial charge in [0.15, 0.2) is 9.84 Å². The van der Waals surface area contributed by atoms with E-state index >= 15 is 0 Å². The highest BCUT2D eigenvalue weighted by molar-refractivity contribution is 7.98. The largest absolute Gasteiger partial charge is 0.366 e. The Balaban J connectivity index is 0.000000769. The van der Waals surface area contributed by atoms with Crippen molar-refractivity contribution in [2.24, 2.45) is 4.99 Å². The Bertz CT molecular complexity index is 827. The van der Waals surface area contributed by atoms with Gasteiger partial charge in [-0.2, -0.15) is 0 Å². The molecule has 0 saturated carbocycles. The van der Waals surface area contributed by atoms with Crippen LogP contribution in [-0.2, 0) is 9.84 Å². The number of nitrogens with zero attached hydrogens (tertiary/aromatic N) is 2. The Morgan fingerprint density at radius 3 is 2.27 bits per heavy atom. The van der Waals surface area contributed by atoms with Gasteiger partial charge in [0.25, 0.3) is 0 Å². The molecule has 0 heterocycles. The molecule has 0 N–H and O–H groups in total. The molecule has 0 aliphatic rings. The van der Waals surface area contributed by atoms with Crippen LogP contribution in [0.3, 0.4) is 0 Å². The van der Waals surface area contributed by atoms with Crippen LogP contribution in [0.4, 0.5) is 0 Å². The second-order valence-corrected chi connectivity index (χ2v) is 10.2. The molecule has 1 rings (SSSR count). The summed E-state index contributed by atoms with van der Waals surface area (Å²) in [4.78, 5) is 7.94. The van der Waals surface area contributed by atoms with E-state index in [4.69, 9.17) is 16.6 Å². The van der Waals surface area contributed by atoms with E-state index in [0.29, 0.717) is 0 Å². The van der Waals surface area contributed by atoms with Gasteiger partial charge in [-0.15, -0.1) is 18.3 Å². The summed E-state index contributed by atoms with van der Waals surface area (Å²) in [6.45, 7) is 7.95. The van der Waals surface area contributed by atoms with Crippen molar-refractivity contribution in [1.82, 2.24) is 4.90 Å². The van der Waals surface area contributed by atoms with Gasteiger partial charge in [0, 0.05) is 36.7 Å². The monoisotopic (exact) mass is 470 g/mol. The molecule has 1 aromatic carbocycles. The van der Waals surface area contributed by atoms with Crippen molar-refractivity contribution in [2.75, 3.05) is 32.4 Å². The Hall–Kier alpha value is -1.50. The lowest BCUT2D eigenvalue weighted by atomic mass is 10.1. The number of hydrogen-bond acceptors (Lipinski definition) is 4. The molecule has 1 atom stereocenters. The molecule has 0 amide bonds. The summed E-state index contributed by atoms with van der Waals surface area (Å²) in [5.74, 6) is 1.02. The molecule has 1 aromatic rings. The molecule has 0 fully saturated rings. The van der Waals surface area contributed by atoms with Gasteiger partial charge in [0.1, 0.15) is 0 Å². The Kier molecular flexibility index (Phi) is 14.6. The number of benzene rings is 1. The second kappa shape index (κ2) is 15.3. The van der Waals surface area contributed by atoms with E-state index in [9.17, 15) is 8.42 Å². The fourth-order valence-corrected chi connectivity index (χ4v) is 3.38. The van der Waals surface area contributed by atoms with E-state index in [1.54, 1.807) is 23.9 Å². The third-order valence-electron chi connectivity index (χ3n) is 3.88. The molecule has 30 heavy (non-hydrogen) atoms. The number of sulfone groups is 1. The first-order chi connectivity index (χ1) is 14.1. The second-order valence-electron chi connectivity index (χ2n) is 6.74. The maximum absolute atomic E-state index is 11.2. The summed E-state index contributed by atoms with van der Waals surface area (Å²) in [6, 6.07) is 7.65. The number of hydrogen-bond donors (Lipinski definition) is 0. The molecule has 4 nitrogen and oxygen atoms in total. The molecule has 0 saturated heterocycles. The fourth-order valence-electron chi connectivity index (χ4n) is 2.40. The van der Waals surface area contributed by atoms with Crippen molar-refractivity contribution < 1.29 is 8.42 Å². The molecule has 1 unspecified atom stereocenters. The number of rotatable bonds is 9. The lowest BCUT2D eigenvalue weighted by Crippen LogP contribution is -2.23. The number of thioether (sulfide) groups is 1. The van der Waals surface area contributed by atoms with Gasteiger partial charge in [0.2, 0.25) is 0 Å². The quantitative estimate of drug-likeness (QED) is 0.148. The van der Waals surface area contributed by atoms with Crippen LogP contribution in [0.15, 0.2) is 70.6 Å². The van der Waals surface area contributed by atoms with Crippen LogP contribution >= 0.6 is 23.4 Å². The van der Waals surface area contributed by atoms with Crippen molar-refractivity contribution in [1.29, 1.82) is 0 Å². The standard InChI is InChI=1S/C16H28N2O2S.C7H7ClS/c1-7-11-14(12-10-13-21(6,19)20)15(8-2)17-16(9-3)18(4)5;1-9-7-4-2-6(8)3-5-7/h8,10-12,15H,2,7,9,13H2,1,3-6H3;2-5H,1H3/b12-10-,14-11+,17-16?;. The zero-order valence-corrected chi connectivity index (χ0v) is 21.3. The highest BCUT2D eigenvalue weighted by Crippen LogP contribution is 2.17. The van der Waals surface area contributed by atoms with E-state index < -0.39 is 9.84 Å². The third-order valence-corrected chi connectivity index (χ3v) is 5.68. The van der Waals surface area contributed by atoms with Crippen LogP contribution in [0.1, 0.15) is 26.7 Å². The highest BCUT2D eigenvalue weighted by Gasteiger charge is 2.09. The van der Waals surface area contributed by atoms with Gasteiger partial charge in [-0.1, -0.05) is 49.8 Å². The lowest BCUT2D eigenvalue weighted by molar-refractivity contribution is 0.600. The zero-order valence-electron chi connectivity index (χ0n) is 18.9. The molecule has 0 spiro atoms. The smallest absolute Gasteiger partial charge is 0.151 e. The van der Waals surface area contributed by atoms with Crippen molar-refractivity contribution in [3.63, 3.8) is 0 Å². The summed E-state index contributed by atoms with van der Waals surface area (Å²) < 4.78 is 22.4. The van der Waals surface area contributed by atoms with Gasteiger partial charge in [-0.25, -0.2) is 8.42 Å². The van der Waals surface area contributed by atoms with Gasteiger partial charge in [-0.05, 0) is 42.5 Å². The molecule has 0 aromatic heterocycles. The van der Waals surface area contributed by atoms with Crippen LogP contribution in [0.25, 0.3) is 0 Å². The molecule has 0 bridgehead atoms. The first-order valence-electron chi connectivity index (χ1n) is 9.78. The first-order valence-corrected chi connectivity index (χ1v) is 13.4. The van der Waals surface area contributed by atoms with Gasteiger partial charge < -0.3 is 4.90 Å². The van der Waals surface area contributed by atoms with E-state index in [1.165, 1.54) is 11.2 Å². The van der Waals surface area contributed by atoms with Gasteiger partial charge >= 0.3 is 0 Å². The summed E-state index contributed by atoms with van der Waals surface area (Å²) in [7, 11) is 0.935. The fraction of sp³-hybridized carbons (Fsp3) is 0.435. The molecule has 0 aliphatic heterocycles. The number of halogens is 1. The predicted molar refractivity (Wildman–Crippen MR) is 136 cm³/mol. The summed E-state index contributed by atoms with van der Waals surface area (Å²) in [5.41, 5.74) is 0.976. The number of amidine groups is 1. The van der Waals surface area contributed by atoms with E-state index in [0.717, 1.165) is 29.3 Å². The van der Waals surface area contributed by atoms with Crippen molar-refractivity contribution >= 4 is 39.0 Å². The maximum Gasteiger partial charge on any atom is 0.151 e. The Labute approximate surface area is 192 Å².